The molecular formula is C13H20N6OS. The molecule has 0 saturated heterocycles. The van der Waals surface area contributed by atoms with Crippen LogP contribution in [0.5, 0.6) is 0 Å². The summed E-state index contributed by atoms with van der Waals surface area (Å²) in [5.74, 6) is 7.66. The van der Waals surface area contributed by atoms with Gasteiger partial charge in [-0.3, -0.25) is 5.10 Å². The van der Waals surface area contributed by atoms with E-state index in [9.17, 15) is 0 Å². The molecule has 2 aromatic rings. The summed E-state index contributed by atoms with van der Waals surface area (Å²) in [7, 11) is 0. The number of nitrogens with two attached hydrogens (primary N) is 1. The number of nitrogens with one attached hydrogen (secondary N) is 1. The van der Waals surface area contributed by atoms with Crippen LogP contribution in [0.4, 0.5) is 0 Å². The van der Waals surface area contributed by atoms with Gasteiger partial charge in [0, 0.05) is 23.6 Å². The second kappa shape index (κ2) is 6.48. The van der Waals surface area contributed by atoms with E-state index in [1.54, 1.807) is 11.8 Å². The number of aromatic nitrogens is 5. The summed E-state index contributed by atoms with van der Waals surface area (Å²) >= 11 is 1.59. The number of fused-ring (bicyclic) bond motifs is 1. The van der Waals surface area contributed by atoms with Gasteiger partial charge in [-0.25, -0.2) is 4.68 Å². The smallest absolute Gasteiger partial charge is 0.210 e. The highest BCUT2D eigenvalue weighted by Crippen LogP contribution is 2.30. The number of nitrogen functional groups attached to an aromatic ring is 1. The van der Waals surface area contributed by atoms with Gasteiger partial charge < -0.3 is 10.9 Å². The van der Waals surface area contributed by atoms with Crippen LogP contribution in [0.2, 0.25) is 0 Å². The van der Waals surface area contributed by atoms with Gasteiger partial charge in [-0.05, 0) is 32.1 Å². The molecule has 7 nitrogen and oxygen atoms in total. The largest absolute Gasteiger partial charge is 0.396 e. The first-order chi connectivity index (χ1) is 10.3. The first-order valence-corrected chi connectivity index (χ1v) is 8.30. The van der Waals surface area contributed by atoms with Crippen molar-refractivity contribution in [3.8, 4) is 11.5 Å². The Balaban J connectivity index is 1.68. The molecule has 0 fully saturated rings. The molecule has 21 heavy (non-hydrogen) atoms. The van der Waals surface area contributed by atoms with Crippen molar-refractivity contribution in [1.29, 1.82) is 0 Å². The lowest BCUT2D eigenvalue weighted by molar-refractivity contribution is 0.284. The number of aryl methyl sites for hydroxylation is 1. The third-order valence-corrected chi connectivity index (χ3v) is 4.75. The Morgan fingerprint density at radius 3 is 3.00 bits per heavy atom. The van der Waals surface area contributed by atoms with Crippen LogP contribution in [-0.2, 0) is 12.8 Å². The summed E-state index contributed by atoms with van der Waals surface area (Å²) in [6.07, 6.45) is 6.13. The summed E-state index contributed by atoms with van der Waals surface area (Å²) in [6.45, 7) is 0.256. The monoisotopic (exact) mass is 308 g/mol. The summed E-state index contributed by atoms with van der Waals surface area (Å²) < 4.78 is 1.53. The highest BCUT2D eigenvalue weighted by molar-refractivity contribution is 7.99. The van der Waals surface area contributed by atoms with Crippen molar-refractivity contribution in [3.05, 3.63) is 11.3 Å². The standard InChI is InChI=1S/C13H20N6OS/c14-19-12(11-9-5-4-6-10(9)15-16-11)17-18-13(19)21-8-3-1-2-7-20/h20H,1-8,14H2,(H,15,16). The van der Waals surface area contributed by atoms with Crippen molar-refractivity contribution in [2.24, 2.45) is 0 Å². The number of H-pyrrole nitrogens is 1. The highest BCUT2D eigenvalue weighted by Gasteiger charge is 2.23. The number of hydrogen-bond acceptors (Lipinski definition) is 6. The number of aliphatic hydroxyl groups excluding tert-OH is 1. The average molecular weight is 308 g/mol. The van der Waals surface area contributed by atoms with Crippen LogP contribution >= 0.6 is 11.8 Å². The van der Waals surface area contributed by atoms with Crippen LogP contribution < -0.4 is 5.84 Å². The maximum absolute atomic E-state index is 8.75. The van der Waals surface area contributed by atoms with Crippen LogP contribution in [0.1, 0.15) is 36.9 Å². The molecular weight excluding hydrogens is 288 g/mol. The molecule has 114 valence electrons. The first-order valence-electron chi connectivity index (χ1n) is 7.32. The SMILES string of the molecule is Nn1c(SCCCCCO)nnc1-c1n[nH]c2c1CCC2. The molecule has 8 heteroatoms. The summed E-state index contributed by atoms with van der Waals surface area (Å²) in [6, 6.07) is 0. The molecule has 0 unspecified atom stereocenters. The fraction of sp³-hybridized carbons (Fsp3) is 0.615. The van der Waals surface area contributed by atoms with Gasteiger partial charge in [0.1, 0.15) is 5.69 Å². The second-order valence-corrected chi connectivity index (χ2v) is 6.25. The zero-order valence-corrected chi connectivity index (χ0v) is 12.7. The minimum atomic E-state index is 0.256. The molecule has 0 aliphatic heterocycles. The van der Waals surface area contributed by atoms with Gasteiger partial charge in [0.05, 0.1) is 0 Å². The van der Waals surface area contributed by atoms with Gasteiger partial charge in [0.15, 0.2) is 0 Å². The van der Waals surface area contributed by atoms with Gasteiger partial charge in [0.2, 0.25) is 11.0 Å². The molecule has 1 aliphatic rings. The zero-order chi connectivity index (χ0) is 14.7. The van der Waals surface area contributed by atoms with Gasteiger partial charge >= 0.3 is 0 Å². The minimum Gasteiger partial charge on any atom is -0.396 e. The van der Waals surface area contributed by atoms with E-state index in [-0.39, 0.29) is 6.61 Å². The van der Waals surface area contributed by atoms with Gasteiger partial charge in [-0.1, -0.05) is 18.2 Å². The number of aromatic amines is 1. The molecule has 0 aromatic carbocycles. The molecule has 2 aromatic heterocycles. The van der Waals surface area contributed by atoms with Crippen molar-refractivity contribution in [2.45, 2.75) is 43.7 Å². The molecule has 4 N–H and O–H groups in total. The van der Waals surface area contributed by atoms with Gasteiger partial charge in [-0.2, -0.15) is 5.10 Å². The minimum absolute atomic E-state index is 0.256. The fourth-order valence-electron chi connectivity index (χ4n) is 2.60. The predicted octanol–water partition coefficient (Wildman–Crippen LogP) is 1.13. The number of nitrogens with zero attached hydrogens (tertiary/aromatic N) is 4. The van der Waals surface area contributed by atoms with Crippen molar-refractivity contribution < 1.29 is 5.11 Å². The van der Waals surface area contributed by atoms with E-state index in [4.69, 9.17) is 10.9 Å². The Bertz CT molecular complexity index is 608. The van der Waals surface area contributed by atoms with Crippen LogP contribution in [0.15, 0.2) is 5.16 Å². The summed E-state index contributed by atoms with van der Waals surface area (Å²) in [5.41, 5.74) is 3.27. The Hall–Kier alpha value is -1.54. The van der Waals surface area contributed by atoms with Crippen molar-refractivity contribution >= 4 is 11.8 Å². The summed E-state index contributed by atoms with van der Waals surface area (Å²) in [5, 5.41) is 25.2. The maximum atomic E-state index is 8.75. The number of rotatable bonds is 7. The van der Waals surface area contributed by atoms with Crippen molar-refractivity contribution in [2.75, 3.05) is 18.2 Å². The van der Waals surface area contributed by atoms with E-state index in [0.29, 0.717) is 11.0 Å². The molecule has 0 bridgehead atoms. The van der Waals surface area contributed by atoms with Gasteiger partial charge in [-0.15, -0.1) is 10.2 Å². The van der Waals surface area contributed by atoms with Crippen molar-refractivity contribution in [3.63, 3.8) is 0 Å². The Morgan fingerprint density at radius 1 is 1.24 bits per heavy atom. The third kappa shape index (κ3) is 2.91. The molecule has 2 heterocycles. The number of hydrogen-bond donors (Lipinski definition) is 3. The van der Waals surface area contributed by atoms with E-state index >= 15 is 0 Å². The maximum Gasteiger partial charge on any atom is 0.210 e. The van der Waals surface area contributed by atoms with Crippen molar-refractivity contribution in [1.82, 2.24) is 25.1 Å². The molecule has 0 saturated carbocycles. The fourth-order valence-corrected chi connectivity index (χ4v) is 3.45. The van der Waals surface area contributed by atoms with Crippen LogP contribution in [0.3, 0.4) is 0 Å². The van der Waals surface area contributed by atoms with E-state index in [2.05, 4.69) is 20.4 Å². The lowest BCUT2D eigenvalue weighted by Crippen LogP contribution is -2.12. The lowest BCUT2D eigenvalue weighted by atomic mass is 10.2. The van der Waals surface area contributed by atoms with Gasteiger partial charge in [0.25, 0.3) is 0 Å². The summed E-state index contributed by atoms with van der Waals surface area (Å²) in [4.78, 5) is 0. The lowest BCUT2D eigenvalue weighted by Gasteiger charge is -2.03. The van der Waals surface area contributed by atoms with E-state index < -0.39 is 0 Å². The zero-order valence-electron chi connectivity index (χ0n) is 11.9. The number of thioether (sulfide) groups is 1. The quantitative estimate of drug-likeness (QED) is 0.402. The van der Waals surface area contributed by atoms with E-state index in [1.165, 1.54) is 15.9 Å². The molecule has 0 radical (unpaired) electrons. The topological polar surface area (TPSA) is 106 Å². The highest BCUT2D eigenvalue weighted by atomic mass is 32.2. The second-order valence-electron chi connectivity index (χ2n) is 5.19. The predicted molar refractivity (Wildman–Crippen MR) is 81.4 cm³/mol. The molecule has 0 spiro atoms. The Labute approximate surface area is 127 Å². The number of aliphatic hydroxyl groups is 1. The third-order valence-electron chi connectivity index (χ3n) is 3.72. The normalized spacial score (nSPS) is 13.8. The average Bonchev–Trinajstić information content (AvgIpc) is 3.16. The molecule has 0 amide bonds. The number of unbranched alkanes of at least 4 members (excludes halogenated alkanes) is 2. The first kappa shape index (κ1) is 14.4. The molecule has 0 atom stereocenters. The van der Waals surface area contributed by atoms with Crippen LogP contribution in [-0.4, -0.2) is 42.5 Å². The van der Waals surface area contributed by atoms with E-state index in [0.717, 1.165) is 50.0 Å². The Morgan fingerprint density at radius 2 is 2.14 bits per heavy atom. The molecule has 3 rings (SSSR count). The van der Waals surface area contributed by atoms with Crippen LogP contribution in [0.25, 0.3) is 11.5 Å². The van der Waals surface area contributed by atoms with E-state index in [1.807, 2.05) is 0 Å². The molecule has 1 aliphatic carbocycles. The van der Waals surface area contributed by atoms with Crippen LogP contribution in [0, 0.1) is 0 Å². The Kier molecular flexibility index (Phi) is 4.45.